The highest BCUT2D eigenvalue weighted by Crippen LogP contribution is 2.23. The van der Waals surface area contributed by atoms with Crippen molar-refractivity contribution in [1.82, 2.24) is 4.72 Å². The molecule has 0 saturated heterocycles. The standard InChI is InChI=1S/C17H21NO4S/c1-13-12-16(14(2)22-13)17(19)8-10-18-23(20,21)11-9-15-6-4-3-5-7-15/h3-7,9,11-12,17-19H,8,10H2,1-2H3. The highest BCUT2D eigenvalue weighted by atomic mass is 32.2. The summed E-state index contributed by atoms with van der Waals surface area (Å²) in [6.07, 6.45) is 1.05. The molecule has 1 atom stereocenters. The largest absolute Gasteiger partial charge is 0.466 e. The summed E-state index contributed by atoms with van der Waals surface area (Å²) in [6.45, 7) is 3.73. The van der Waals surface area contributed by atoms with Gasteiger partial charge in [0.15, 0.2) is 0 Å². The number of furan rings is 1. The van der Waals surface area contributed by atoms with E-state index in [1.807, 2.05) is 30.3 Å². The lowest BCUT2D eigenvalue weighted by atomic mass is 10.1. The average Bonchev–Trinajstić information content (AvgIpc) is 2.85. The Bertz CT molecular complexity index is 763. The van der Waals surface area contributed by atoms with Gasteiger partial charge in [-0.15, -0.1) is 0 Å². The number of hydrogen-bond donors (Lipinski definition) is 2. The van der Waals surface area contributed by atoms with E-state index in [9.17, 15) is 13.5 Å². The van der Waals surface area contributed by atoms with Crippen molar-refractivity contribution < 1.29 is 17.9 Å². The number of aryl methyl sites for hydroxylation is 2. The molecule has 2 rings (SSSR count). The number of hydrogen-bond acceptors (Lipinski definition) is 4. The summed E-state index contributed by atoms with van der Waals surface area (Å²) in [5, 5.41) is 11.2. The Morgan fingerprint density at radius 1 is 1.26 bits per heavy atom. The summed E-state index contributed by atoms with van der Waals surface area (Å²) >= 11 is 0. The number of nitrogens with one attached hydrogen (secondary N) is 1. The minimum absolute atomic E-state index is 0.145. The summed E-state index contributed by atoms with van der Waals surface area (Å²) in [6, 6.07) is 10.9. The zero-order chi connectivity index (χ0) is 16.9. The maximum atomic E-state index is 11.9. The van der Waals surface area contributed by atoms with Gasteiger partial charge < -0.3 is 9.52 Å². The maximum absolute atomic E-state index is 11.9. The van der Waals surface area contributed by atoms with Gasteiger partial charge in [0.2, 0.25) is 10.0 Å². The second-order valence-corrected chi connectivity index (χ2v) is 6.98. The third kappa shape index (κ3) is 5.35. The van der Waals surface area contributed by atoms with Gasteiger partial charge in [0.05, 0.1) is 6.10 Å². The van der Waals surface area contributed by atoms with Crippen molar-refractivity contribution in [2.75, 3.05) is 6.54 Å². The van der Waals surface area contributed by atoms with Gasteiger partial charge in [-0.3, -0.25) is 0 Å². The van der Waals surface area contributed by atoms with E-state index in [2.05, 4.69) is 4.72 Å². The Morgan fingerprint density at radius 3 is 2.57 bits per heavy atom. The molecule has 1 aromatic carbocycles. The zero-order valence-corrected chi connectivity index (χ0v) is 14.0. The molecule has 5 nitrogen and oxygen atoms in total. The first-order chi connectivity index (χ1) is 10.9. The molecule has 0 aliphatic carbocycles. The molecular weight excluding hydrogens is 314 g/mol. The van der Waals surface area contributed by atoms with Gasteiger partial charge in [-0.05, 0) is 38.0 Å². The Labute approximate surface area is 136 Å². The van der Waals surface area contributed by atoms with Crippen LogP contribution in [0.5, 0.6) is 0 Å². The topological polar surface area (TPSA) is 79.5 Å². The molecule has 0 aliphatic heterocycles. The third-order valence-electron chi connectivity index (χ3n) is 3.40. The van der Waals surface area contributed by atoms with Gasteiger partial charge in [-0.25, -0.2) is 13.1 Å². The van der Waals surface area contributed by atoms with Crippen LogP contribution in [0, 0.1) is 13.8 Å². The molecule has 0 fully saturated rings. The van der Waals surface area contributed by atoms with Gasteiger partial charge >= 0.3 is 0 Å². The van der Waals surface area contributed by atoms with Crippen LogP contribution in [0.15, 0.2) is 46.2 Å². The Balaban J connectivity index is 1.87. The Morgan fingerprint density at radius 2 is 1.96 bits per heavy atom. The number of aliphatic hydroxyl groups is 1. The predicted octanol–water partition coefficient (Wildman–Crippen LogP) is 2.91. The van der Waals surface area contributed by atoms with Crippen molar-refractivity contribution >= 4 is 16.1 Å². The fraction of sp³-hybridized carbons (Fsp3) is 0.294. The average molecular weight is 335 g/mol. The molecule has 1 unspecified atom stereocenters. The van der Waals surface area contributed by atoms with Gasteiger partial charge in [0.1, 0.15) is 11.5 Å². The van der Waals surface area contributed by atoms with E-state index in [-0.39, 0.29) is 13.0 Å². The lowest BCUT2D eigenvalue weighted by Gasteiger charge is -2.09. The van der Waals surface area contributed by atoms with E-state index < -0.39 is 16.1 Å². The minimum Gasteiger partial charge on any atom is -0.466 e. The summed E-state index contributed by atoms with van der Waals surface area (Å²) in [7, 11) is -3.53. The van der Waals surface area contributed by atoms with E-state index in [4.69, 9.17) is 4.42 Å². The van der Waals surface area contributed by atoms with Crippen LogP contribution in [0.3, 0.4) is 0 Å². The van der Waals surface area contributed by atoms with Gasteiger partial charge in [0.25, 0.3) is 0 Å². The minimum atomic E-state index is -3.53. The van der Waals surface area contributed by atoms with Crippen molar-refractivity contribution in [2.24, 2.45) is 0 Å². The Kier molecular flexibility index (Phi) is 5.76. The molecule has 1 aromatic heterocycles. The number of sulfonamides is 1. The van der Waals surface area contributed by atoms with E-state index in [1.165, 1.54) is 6.08 Å². The molecule has 23 heavy (non-hydrogen) atoms. The maximum Gasteiger partial charge on any atom is 0.233 e. The zero-order valence-electron chi connectivity index (χ0n) is 13.2. The molecule has 0 radical (unpaired) electrons. The van der Waals surface area contributed by atoms with E-state index in [1.54, 1.807) is 19.9 Å². The number of benzene rings is 1. The van der Waals surface area contributed by atoms with Crippen molar-refractivity contribution in [1.29, 1.82) is 0 Å². The van der Waals surface area contributed by atoms with Gasteiger partial charge in [0, 0.05) is 17.5 Å². The van der Waals surface area contributed by atoms with E-state index in [0.717, 1.165) is 16.7 Å². The Hall–Kier alpha value is -1.89. The molecule has 2 aromatic rings. The molecule has 0 spiro atoms. The lowest BCUT2D eigenvalue weighted by molar-refractivity contribution is 0.167. The second-order valence-electron chi connectivity index (χ2n) is 5.33. The SMILES string of the molecule is Cc1cc(C(O)CCNS(=O)(=O)C=Cc2ccccc2)c(C)o1. The van der Waals surface area contributed by atoms with Crippen LogP contribution < -0.4 is 4.72 Å². The van der Waals surface area contributed by atoms with Gasteiger partial charge in [-0.2, -0.15) is 0 Å². The third-order valence-corrected chi connectivity index (χ3v) is 4.50. The fourth-order valence-corrected chi connectivity index (χ4v) is 3.09. The summed E-state index contributed by atoms with van der Waals surface area (Å²) < 4.78 is 31.6. The van der Waals surface area contributed by atoms with Crippen LogP contribution in [0.2, 0.25) is 0 Å². The first-order valence-electron chi connectivity index (χ1n) is 7.35. The number of aliphatic hydroxyl groups excluding tert-OH is 1. The molecule has 124 valence electrons. The monoisotopic (exact) mass is 335 g/mol. The molecule has 1 heterocycles. The molecule has 0 amide bonds. The quantitative estimate of drug-likeness (QED) is 0.815. The first-order valence-corrected chi connectivity index (χ1v) is 8.90. The normalized spacial score (nSPS) is 13.5. The molecule has 0 aliphatic rings. The van der Waals surface area contributed by atoms with Crippen LogP contribution in [0.4, 0.5) is 0 Å². The van der Waals surface area contributed by atoms with Crippen LogP contribution in [-0.4, -0.2) is 20.1 Å². The van der Waals surface area contributed by atoms with Gasteiger partial charge in [-0.1, -0.05) is 30.3 Å². The van der Waals surface area contributed by atoms with E-state index in [0.29, 0.717) is 11.3 Å². The van der Waals surface area contributed by atoms with E-state index >= 15 is 0 Å². The number of rotatable bonds is 7. The molecule has 0 bridgehead atoms. The van der Waals surface area contributed by atoms with Crippen molar-refractivity contribution in [2.45, 2.75) is 26.4 Å². The lowest BCUT2D eigenvalue weighted by Crippen LogP contribution is -2.23. The highest BCUT2D eigenvalue weighted by molar-refractivity contribution is 7.92. The summed E-state index contributed by atoms with van der Waals surface area (Å²) in [5.74, 6) is 1.38. The molecule has 0 saturated carbocycles. The molecule has 6 heteroatoms. The fourth-order valence-electron chi connectivity index (χ4n) is 2.26. The second kappa shape index (κ2) is 7.59. The van der Waals surface area contributed by atoms with Crippen molar-refractivity contribution in [3.05, 3.63) is 64.5 Å². The summed E-state index contributed by atoms with van der Waals surface area (Å²) in [5.41, 5.74) is 1.50. The first kappa shape index (κ1) is 17.5. The highest BCUT2D eigenvalue weighted by Gasteiger charge is 2.15. The smallest absolute Gasteiger partial charge is 0.233 e. The van der Waals surface area contributed by atoms with Crippen LogP contribution in [-0.2, 0) is 10.0 Å². The molecule has 2 N–H and O–H groups in total. The van der Waals surface area contributed by atoms with Crippen LogP contribution in [0.1, 0.15) is 35.2 Å². The van der Waals surface area contributed by atoms with Crippen LogP contribution >= 0.6 is 0 Å². The summed E-state index contributed by atoms with van der Waals surface area (Å²) in [4.78, 5) is 0. The van der Waals surface area contributed by atoms with Crippen LogP contribution in [0.25, 0.3) is 6.08 Å². The van der Waals surface area contributed by atoms with Crippen molar-refractivity contribution in [3.63, 3.8) is 0 Å². The van der Waals surface area contributed by atoms with Crippen molar-refractivity contribution in [3.8, 4) is 0 Å². The predicted molar refractivity (Wildman–Crippen MR) is 90.2 cm³/mol. The molecular formula is C17H21NO4S.